The van der Waals surface area contributed by atoms with Crippen LogP contribution >= 0.6 is 0 Å². The van der Waals surface area contributed by atoms with Crippen molar-refractivity contribution in [3.63, 3.8) is 0 Å². The molecule has 1 aromatic rings. The molecule has 0 fully saturated rings. The number of hydrogen-bond donors (Lipinski definition) is 8. The first-order chi connectivity index (χ1) is 16.3. The highest BCUT2D eigenvalue weighted by atomic mass is 16.4. The first-order valence-electron chi connectivity index (χ1n) is 10.7. The van der Waals surface area contributed by atoms with Crippen molar-refractivity contribution in [3.8, 4) is 0 Å². The fourth-order valence-electron chi connectivity index (χ4n) is 2.99. The Balaban J connectivity index is 2.95. The molecule has 0 aliphatic carbocycles. The molecule has 0 saturated carbocycles. The minimum atomic E-state index is -1.61. The molecule has 0 radical (unpaired) electrons. The molecule has 0 bridgehead atoms. The van der Waals surface area contributed by atoms with E-state index in [-0.39, 0.29) is 12.8 Å². The van der Waals surface area contributed by atoms with E-state index in [4.69, 9.17) is 16.6 Å². The molecular formula is C20H31N7O8. The number of nitrogens with zero attached hydrogens (tertiary/aromatic N) is 1. The summed E-state index contributed by atoms with van der Waals surface area (Å²) in [4.78, 5) is 78.1. The average Bonchev–Trinajstić information content (AvgIpc) is 3.26. The predicted octanol–water partition coefficient (Wildman–Crippen LogP) is -2.79. The van der Waals surface area contributed by atoms with Crippen molar-refractivity contribution in [1.29, 1.82) is 0 Å². The molecule has 1 heterocycles. The Morgan fingerprint density at radius 1 is 1.00 bits per heavy atom. The molecule has 4 atom stereocenters. The standard InChI is InChI=1S/C20H31N7O8/c1-9(2)16(19(33)26-13(20(34)35)6-14(22)28)27-18(32)12(3-4-15(29)30)25-17(31)11(21)5-10-7-23-8-24-10/h7-9,11-13,16H,3-6,21H2,1-2H3,(H2,22,28)(H,23,24)(H,25,31)(H,26,33)(H,27,32)(H,29,30)(H,34,35). The summed E-state index contributed by atoms with van der Waals surface area (Å²) >= 11 is 0. The van der Waals surface area contributed by atoms with Gasteiger partial charge in [0.1, 0.15) is 18.1 Å². The van der Waals surface area contributed by atoms with Gasteiger partial charge in [-0.1, -0.05) is 13.8 Å². The van der Waals surface area contributed by atoms with Gasteiger partial charge in [-0.05, 0) is 12.3 Å². The highest BCUT2D eigenvalue weighted by Crippen LogP contribution is 2.07. The number of aromatic amines is 1. The summed E-state index contributed by atoms with van der Waals surface area (Å²) in [6, 6.07) is -5.30. The molecule has 1 aromatic heterocycles. The van der Waals surface area contributed by atoms with Crippen LogP contribution in [-0.4, -0.2) is 79.9 Å². The van der Waals surface area contributed by atoms with Crippen molar-refractivity contribution in [2.45, 2.75) is 63.7 Å². The second kappa shape index (κ2) is 13.6. The number of carboxylic acids is 2. The van der Waals surface area contributed by atoms with Gasteiger partial charge in [0.25, 0.3) is 0 Å². The van der Waals surface area contributed by atoms with Gasteiger partial charge in [-0.2, -0.15) is 0 Å². The van der Waals surface area contributed by atoms with Crippen LogP contribution in [0.5, 0.6) is 0 Å². The molecular weight excluding hydrogens is 466 g/mol. The Kier molecular flexibility index (Phi) is 11.3. The number of primary amides is 1. The van der Waals surface area contributed by atoms with Gasteiger partial charge in [0.05, 0.1) is 18.8 Å². The maximum absolute atomic E-state index is 12.9. The average molecular weight is 498 g/mol. The van der Waals surface area contributed by atoms with Crippen LogP contribution in [0.1, 0.15) is 38.8 Å². The summed E-state index contributed by atoms with van der Waals surface area (Å²) in [5.41, 5.74) is 11.4. The predicted molar refractivity (Wildman–Crippen MR) is 119 cm³/mol. The topological polar surface area (TPSA) is 260 Å². The highest BCUT2D eigenvalue weighted by molar-refractivity contribution is 5.95. The number of carbonyl (C=O) groups excluding carboxylic acids is 4. The molecule has 10 N–H and O–H groups in total. The van der Waals surface area contributed by atoms with Crippen LogP contribution in [0.25, 0.3) is 0 Å². The van der Waals surface area contributed by atoms with Crippen molar-refractivity contribution in [2.75, 3.05) is 0 Å². The number of nitrogens with two attached hydrogens (primary N) is 2. The molecule has 4 amide bonds. The van der Waals surface area contributed by atoms with E-state index in [0.29, 0.717) is 5.69 Å². The zero-order valence-electron chi connectivity index (χ0n) is 19.3. The Morgan fingerprint density at radius 3 is 2.11 bits per heavy atom. The van der Waals surface area contributed by atoms with Gasteiger partial charge < -0.3 is 42.6 Å². The van der Waals surface area contributed by atoms with Gasteiger partial charge in [-0.25, -0.2) is 9.78 Å². The summed E-state index contributed by atoms with van der Waals surface area (Å²) in [6.07, 6.45) is 1.52. The van der Waals surface area contributed by atoms with Crippen LogP contribution in [0, 0.1) is 5.92 Å². The monoisotopic (exact) mass is 497 g/mol. The zero-order chi connectivity index (χ0) is 26.7. The third-order valence-electron chi connectivity index (χ3n) is 4.88. The van der Waals surface area contributed by atoms with E-state index in [0.717, 1.165) is 0 Å². The number of aromatic nitrogens is 2. The minimum Gasteiger partial charge on any atom is -0.481 e. The second-order valence-electron chi connectivity index (χ2n) is 8.18. The number of imidazole rings is 1. The molecule has 0 spiro atoms. The largest absolute Gasteiger partial charge is 0.481 e. The van der Waals surface area contributed by atoms with Crippen LogP contribution in [0.2, 0.25) is 0 Å². The summed E-state index contributed by atoms with van der Waals surface area (Å²) < 4.78 is 0. The molecule has 4 unspecified atom stereocenters. The molecule has 15 nitrogen and oxygen atoms in total. The number of rotatable bonds is 15. The van der Waals surface area contributed by atoms with Gasteiger partial charge in [0, 0.05) is 24.7 Å². The van der Waals surface area contributed by atoms with E-state index >= 15 is 0 Å². The van der Waals surface area contributed by atoms with E-state index in [1.807, 2.05) is 0 Å². The smallest absolute Gasteiger partial charge is 0.326 e. The lowest BCUT2D eigenvalue weighted by Gasteiger charge is -2.26. The summed E-state index contributed by atoms with van der Waals surface area (Å²) in [7, 11) is 0. The number of aliphatic carboxylic acids is 2. The first-order valence-corrected chi connectivity index (χ1v) is 10.7. The normalized spacial score (nSPS) is 14.3. The number of amides is 4. The molecule has 0 saturated heterocycles. The molecule has 0 aliphatic heterocycles. The Hall–Kier alpha value is -4.01. The maximum atomic E-state index is 12.9. The molecule has 15 heteroatoms. The molecule has 35 heavy (non-hydrogen) atoms. The van der Waals surface area contributed by atoms with E-state index < -0.39 is 78.5 Å². The highest BCUT2D eigenvalue weighted by Gasteiger charge is 2.32. The van der Waals surface area contributed by atoms with Crippen LogP contribution in [0.15, 0.2) is 12.5 Å². The van der Waals surface area contributed by atoms with Gasteiger partial charge in [-0.15, -0.1) is 0 Å². The quantitative estimate of drug-likeness (QED) is 0.123. The Morgan fingerprint density at radius 2 is 1.63 bits per heavy atom. The van der Waals surface area contributed by atoms with E-state index in [9.17, 15) is 33.9 Å². The lowest BCUT2D eigenvalue weighted by Crippen LogP contribution is -2.58. The van der Waals surface area contributed by atoms with Crippen LogP contribution in [0.4, 0.5) is 0 Å². The van der Waals surface area contributed by atoms with Crippen LogP contribution < -0.4 is 27.4 Å². The van der Waals surface area contributed by atoms with Crippen molar-refractivity contribution in [3.05, 3.63) is 18.2 Å². The lowest BCUT2D eigenvalue weighted by molar-refractivity contribution is -0.144. The number of nitrogens with one attached hydrogen (secondary N) is 4. The van der Waals surface area contributed by atoms with Crippen LogP contribution in [-0.2, 0) is 35.2 Å². The Labute approximate surface area is 200 Å². The van der Waals surface area contributed by atoms with Crippen molar-refractivity contribution < 1.29 is 39.0 Å². The molecule has 1 rings (SSSR count). The summed E-state index contributed by atoms with van der Waals surface area (Å²) in [5, 5.41) is 25.1. The van der Waals surface area contributed by atoms with Crippen molar-refractivity contribution in [2.24, 2.45) is 17.4 Å². The maximum Gasteiger partial charge on any atom is 0.326 e. The summed E-state index contributed by atoms with van der Waals surface area (Å²) in [5.74, 6) is -6.71. The van der Waals surface area contributed by atoms with Gasteiger partial charge >= 0.3 is 11.9 Å². The Bertz CT molecular complexity index is 919. The van der Waals surface area contributed by atoms with Gasteiger partial charge in [-0.3, -0.25) is 24.0 Å². The fraction of sp³-hybridized carbons (Fsp3) is 0.550. The van der Waals surface area contributed by atoms with Gasteiger partial charge in [0.15, 0.2) is 0 Å². The first kappa shape index (κ1) is 29.0. The zero-order valence-corrected chi connectivity index (χ0v) is 19.3. The van der Waals surface area contributed by atoms with E-state index in [1.54, 1.807) is 13.8 Å². The molecule has 0 aromatic carbocycles. The van der Waals surface area contributed by atoms with Crippen molar-refractivity contribution >= 4 is 35.6 Å². The van der Waals surface area contributed by atoms with E-state index in [2.05, 4.69) is 25.9 Å². The van der Waals surface area contributed by atoms with Crippen molar-refractivity contribution in [1.82, 2.24) is 25.9 Å². The second-order valence-corrected chi connectivity index (χ2v) is 8.18. The fourth-order valence-corrected chi connectivity index (χ4v) is 2.99. The minimum absolute atomic E-state index is 0.0760. The third kappa shape index (κ3) is 10.2. The number of carbonyl (C=O) groups is 6. The number of hydrogen-bond acceptors (Lipinski definition) is 8. The van der Waals surface area contributed by atoms with Gasteiger partial charge in [0.2, 0.25) is 23.6 Å². The number of H-pyrrole nitrogens is 1. The molecule has 0 aliphatic rings. The number of carboxylic acid groups (broad SMARTS) is 2. The van der Waals surface area contributed by atoms with E-state index in [1.165, 1.54) is 12.5 Å². The summed E-state index contributed by atoms with van der Waals surface area (Å²) in [6.45, 7) is 3.14. The third-order valence-corrected chi connectivity index (χ3v) is 4.88. The molecule has 194 valence electrons. The van der Waals surface area contributed by atoms with Crippen LogP contribution in [0.3, 0.4) is 0 Å². The lowest BCUT2D eigenvalue weighted by atomic mass is 10.0. The SMILES string of the molecule is CC(C)C(NC(=O)C(CCC(=O)O)NC(=O)C(N)Cc1cnc[nH]1)C(=O)NC(CC(N)=O)C(=O)O.